The molecule has 0 aliphatic carbocycles. The number of rotatable bonds is 5. The number of ether oxygens (including phenoxy) is 1. The number of amidine groups is 1. The molecule has 3 aliphatic heterocycles. The summed E-state index contributed by atoms with van der Waals surface area (Å²) in [6, 6.07) is 9.31. The third-order valence-corrected chi connectivity index (χ3v) is 5.26. The molecule has 3 heterocycles. The van der Waals surface area contributed by atoms with Gasteiger partial charge in [0.25, 0.3) is 0 Å². The van der Waals surface area contributed by atoms with Crippen LogP contribution in [-0.2, 0) is 20.9 Å². The highest BCUT2D eigenvalue weighted by atomic mass is 16.5. The molecule has 0 aromatic heterocycles. The van der Waals surface area contributed by atoms with Gasteiger partial charge in [0.05, 0.1) is 30.6 Å². The van der Waals surface area contributed by atoms with Gasteiger partial charge in [-0.25, -0.2) is 4.79 Å². The first-order valence-electron chi connectivity index (χ1n) is 9.33. The number of carbonyl (C=O) groups is 3. The SMILES string of the molecule is CC(=NCc1ccccc1)NC(=O)NCCN1C(=O)C2C3C=CC(O3)C2C1=O. The summed E-state index contributed by atoms with van der Waals surface area (Å²) in [5.74, 6) is -0.763. The number of imide groups is 1. The van der Waals surface area contributed by atoms with Gasteiger partial charge in [0, 0.05) is 13.1 Å². The number of nitrogens with zero attached hydrogens (tertiary/aromatic N) is 2. The summed E-state index contributed by atoms with van der Waals surface area (Å²) in [6.07, 6.45) is 3.11. The standard InChI is InChI=1S/C20H22N4O4/c1-12(22-11-13-5-3-2-4-6-13)23-20(27)21-9-10-24-18(25)16-14-7-8-15(28-14)17(16)19(24)26/h2-8,14-17H,9-11H2,1H3,(H2,21,22,23,27). The maximum Gasteiger partial charge on any atom is 0.320 e. The molecule has 4 atom stereocenters. The molecule has 0 spiro atoms. The number of likely N-dealkylation sites (tertiary alicyclic amines) is 1. The largest absolute Gasteiger partial charge is 0.365 e. The zero-order valence-corrected chi connectivity index (χ0v) is 15.5. The molecule has 1 aromatic rings. The van der Waals surface area contributed by atoms with E-state index in [1.165, 1.54) is 4.90 Å². The highest BCUT2D eigenvalue weighted by Crippen LogP contribution is 2.44. The second kappa shape index (κ2) is 7.55. The van der Waals surface area contributed by atoms with Gasteiger partial charge >= 0.3 is 6.03 Å². The first-order chi connectivity index (χ1) is 13.5. The van der Waals surface area contributed by atoms with Crippen LogP contribution in [0.1, 0.15) is 12.5 Å². The number of nitrogens with one attached hydrogen (secondary N) is 2. The number of amides is 4. The van der Waals surface area contributed by atoms with Crippen LogP contribution in [-0.4, -0.2) is 53.9 Å². The average Bonchev–Trinajstić information content (AvgIpc) is 3.37. The Morgan fingerprint density at radius 3 is 2.39 bits per heavy atom. The minimum Gasteiger partial charge on any atom is -0.365 e. The van der Waals surface area contributed by atoms with Crippen molar-refractivity contribution in [3.05, 3.63) is 48.0 Å². The van der Waals surface area contributed by atoms with Crippen molar-refractivity contribution in [3.63, 3.8) is 0 Å². The monoisotopic (exact) mass is 382 g/mol. The number of benzene rings is 1. The highest BCUT2D eigenvalue weighted by Gasteiger charge is 2.60. The summed E-state index contributed by atoms with van der Waals surface area (Å²) in [6.45, 7) is 2.51. The van der Waals surface area contributed by atoms with E-state index in [0.29, 0.717) is 12.4 Å². The normalized spacial score (nSPS) is 28.0. The molecule has 2 bridgehead atoms. The lowest BCUT2D eigenvalue weighted by molar-refractivity contribution is -0.142. The van der Waals surface area contributed by atoms with E-state index >= 15 is 0 Å². The van der Waals surface area contributed by atoms with Crippen LogP contribution in [0, 0.1) is 11.8 Å². The highest BCUT2D eigenvalue weighted by molar-refractivity contribution is 6.06. The lowest BCUT2D eigenvalue weighted by atomic mass is 9.85. The summed E-state index contributed by atoms with van der Waals surface area (Å²) < 4.78 is 5.60. The molecule has 28 heavy (non-hydrogen) atoms. The Balaban J connectivity index is 1.23. The average molecular weight is 382 g/mol. The predicted octanol–water partition coefficient (Wildman–Crippen LogP) is 0.843. The maximum atomic E-state index is 12.5. The van der Waals surface area contributed by atoms with Gasteiger partial charge in [-0.2, -0.15) is 0 Å². The third kappa shape index (κ3) is 3.43. The molecule has 4 amide bonds. The van der Waals surface area contributed by atoms with Gasteiger partial charge in [-0.1, -0.05) is 42.5 Å². The van der Waals surface area contributed by atoms with Crippen molar-refractivity contribution in [3.8, 4) is 0 Å². The van der Waals surface area contributed by atoms with Crippen LogP contribution < -0.4 is 10.6 Å². The summed E-state index contributed by atoms with van der Waals surface area (Å²) >= 11 is 0. The van der Waals surface area contributed by atoms with Crippen molar-refractivity contribution in [1.29, 1.82) is 0 Å². The molecule has 2 saturated heterocycles. The maximum absolute atomic E-state index is 12.5. The van der Waals surface area contributed by atoms with E-state index in [2.05, 4.69) is 15.6 Å². The second-order valence-corrected chi connectivity index (χ2v) is 7.10. The summed E-state index contributed by atoms with van der Waals surface area (Å²) in [4.78, 5) is 42.5. The molecule has 0 saturated carbocycles. The van der Waals surface area contributed by atoms with Crippen LogP contribution in [0.25, 0.3) is 0 Å². The number of hydrogen-bond acceptors (Lipinski definition) is 5. The van der Waals surface area contributed by atoms with Crippen LogP contribution in [0.3, 0.4) is 0 Å². The third-order valence-electron chi connectivity index (χ3n) is 5.26. The number of urea groups is 1. The Labute approximate surface area is 162 Å². The smallest absolute Gasteiger partial charge is 0.320 e. The van der Waals surface area contributed by atoms with Gasteiger partial charge in [-0.15, -0.1) is 0 Å². The first kappa shape index (κ1) is 18.4. The van der Waals surface area contributed by atoms with Gasteiger partial charge in [0.1, 0.15) is 5.84 Å². The van der Waals surface area contributed by atoms with E-state index in [9.17, 15) is 14.4 Å². The molecule has 8 nitrogen and oxygen atoms in total. The van der Waals surface area contributed by atoms with Crippen LogP contribution >= 0.6 is 0 Å². The zero-order chi connectivity index (χ0) is 19.7. The van der Waals surface area contributed by atoms with E-state index < -0.39 is 17.9 Å². The quantitative estimate of drug-likeness (QED) is 0.341. The van der Waals surface area contributed by atoms with Crippen molar-refractivity contribution in [2.45, 2.75) is 25.7 Å². The van der Waals surface area contributed by atoms with Gasteiger partial charge < -0.3 is 10.1 Å². The van der Waals surface area contributed by atoms with E-state index in [-0.39, 0.29) is 37.1 Å². The number of fused-ring (bicyclic) bond motifs is 5. The Bertz CT molecular complexity index is 821. The minimum absolute atomic E-state index is 0.151. The van der Waals surface area contributed by atoms with Crippen LogP contribution in [0.15, 0.2) is 47.5 Å². The summed E-state index contributed by atoms with van der Waals surface area (Å²) in [5, 5.41) is 5.30. The molecule has 8 heteroatoms. The zero-order valence-electron chi connectivity index (χ0n) is 15.5. The summed E-state index contributed by atoms with van der Waals surface area (Å²) in [5.41, 5.74) is 1.05. The molecule has 0 radical (unpaired) electrons. The van der Waals surface area contributed by atoms with Crippen LogP contribution in [0.4, 0.5) is 4.79 Å². The van der Waals surface area contributed by atoms with Gasteiger partial charge in [0.2, 0.25) is 11.8 Å². The van der Waals surface area contributed by atoms with E-state index in [1.54, 1.807) is 6.92 Å². The van der Waals surface area contributed by atoms with Crippen molar-refractivity contribution in [2.24, 2.45) is 16.8 Å². The predicted molar refractivity (Wildman–Crippen MR) is 101 cm³/mol. The van der Waals surface area contributed by atoms with Crippen molar-refractivity contribution in [2.75, 3.05) is 13.1 Å². The lowest BCUT2D eigenvalue weighted by Crippen LogP contribution is -2.44. The number of hydrogen-bond donors (Lipinski definition) is 2. The fourth-order valence-electron chi connectivity index (χ4n) is 3.91. The molecule has 4 unspecified atom stereocenters. The molecular formula is C20H22N4O4. The topological polar surface area (TPSA) is 100 Å². The Hall–Kier alpha value is -3.00. The Morgan fingerprint density at radius 2 is 1.75 bits per heavy atom. The molecule has 2 N–H and O–H groups in total. The van der Waals surface area contributed by atoms with Crippen LogP contribution in [0.2, 0.25) is 0 Å². The molecule has 2 fully saturated rings. The molecule has 3 aliphatic rings. The molecule has 1 aromatic carbocycles. The second-order valence-electron chi connectivity index (χ2n) is 7.10. The minimum atomic E-state index is -0.418. The number of aliphatic imine (C=N–C) groups is 1. The van der Waals surface area contributed by atoms with E-state index in [4.69, 9.17) is 4.74 Å². The number of carbonyl (C=O) groups excluding carboxylic acids is 3. The fraction of sp³-hybridized carbons (Fsp3) is 0.400. The van der Waals surface area contributed by atoms with E-state index in [1.807, 2.05) is 42.5 Å². The Kier molecular flexibility index (Phi) is 4.95. The molecule has 146 valence electrons. The van der Waals surface area contributed by atoms with E-state index in [0.717, 1.165) is 5.56 Å². The molecule has 4 rings (SSSR count). The lowest BCUT2D eigenvalue weighted by Gasteiger charge is -2.17. The van der Waals surface area contributed by atoms with Crippen molar-refractivity contribution in [1.82, 2.24) is 15.5 Å². The van der Waals surface area contributed by atoms with Crippen molar-refractivity contribution < 1.29 is 19.1 Å². The van der Waals surface area contributed by atoms with Gasteiger partial charge in [0.15, 0.2) is 0 Å². The molecular weight excluding hydrogens is 360 g/mol. The summed E-state index contributed by atoms with van der Waals surface area (Å²) in [7, 11) is 0. The van der Waals surface area contributed by atoms with Gasteiger partial charge in [-0.05, 0) is 12.5 Å². The van der Waals surface area contributed by atoms with Gasteiger partial charge in [-0.3, -0.25) is 24.8 Å². The first-order valence-corrected chi connectivity index (χ1v) is 9.33. The fourth-order valence-corrected chi connectivity index (χ4v) is 3.91. The Morgan fingerprint density at radius 1 is 1.11 bits per heavy atom. The van der Waals surface area contributed by atoms with Crippen molar-refractivity contribution >= 4 is 23.7 Å². The van der Waals surface area contributed by atoms with Crippen LogP contribution in [0.5, 0.6) is 0 Å².